The average molecular weight is 327 g/mol. The van der Waals surface area contributed by atoms with E-state index >= 15 is 0 Å². The highest BCUT2D eigenvalue weighted by molar-refractivity contribution is 5.92. The summed E-state index contributed by atoms with van der Waals surface area (Å²) in [7, 11) is 0. The van der Waals surface area contributed by atoms with Crippen molar-refractivity contribution in [3.8, 4) is 0 Å². The molecule has 24 heavy (non-hydrogen) atoms. The van der Waals surface area contributed by atoms with Gasteiger partial charge in [0.05, 0.1) is 6.04 Å². The first kappa shape index (κ1) is 14.7. The van der Waals surface area contributed by atoms with Crippen molar-refractivity contribution in [1.82, 2.24) is 24.4 Å². The zero-order valence-electron chi connectivity index (χ0n) is 13.2. The number of imidazole rings is 1. The Labute approximate surface area is 137 Å². The van der Waals surface area contributed by atoms with Crippen LogP contribution in [0.4, 0.5) is 0 Å². The molecular formula is C16H17N5O3. The van der Waals surface area contributed by atoms with Crippen LogP contribution in [0.15, 0.2) is 33.8 Å². The Morgan fingerprint density at radius 3 is 3.04 bits per heavy atom. The Kier molecular flexibility index (Phi) is 3.44. The quantitative estimate of drug-likeness (QED) is 0.772. The molecule has 3 aromatic rings. The van der Waals surface area contributed by atoms with E-state index in [0.717, 1.165) is 19.3 Å². The van der Waals surface area contributed by atoms with Gasteiger partial charge in [0.25, 0.3) is 11.5 Å². The lowest BCUT2D eigenvalue weighted by Crippen LogP contribution is -2.39. The second-order valence-electron chi connectivity index (χ2n) is 6.02. The monoisotopic (exact) mass is 327 g/mol. The van der Waals surface area contributed by atoms with E-state index in [4.69, 9.17) is 4.52 Å². The molecule has 1 atom stereocenters. The Hall–Kier alpha value is -2.90. The standard InChI is InChI=1S/C16H17N5O3/c1-10-8-12(19-24-10)15(23)20-6-3-2-4-13(20)11-9-14(22)21-7-5-17-16(21)18-11/h5,7-9,13H,2-4,6H2,1H3,(H,17,18). The van der Waals surface area contributed by atoms with Crippen molar-refractivity contribution < 1.29 is 9.32 Å². The highest BCUT2D eigenvalue weighted by Crippen LogP contribution is 2.30. The number of aryl methyl sites for hydroxylation is 1. The Morgan fingerprint density at radius 2 is 2.25 bits per heavy atom. The van der Waals surface area contributed by atoms with E-state index < -0.39 is 0 Å². The van der Waals surface area contributed by atoms with Crippen molar-refractivity contribution in [2.24, 2.45) is 0 Å². The predicted molar refractivity (Wildman–Crippen MR) is 84.7 cm³/mol. The van der Waals surface area contributed by atoms with Crippen LogP contribution in [0, 0.1) is 6.92 Å². The minimum absolute atomic E-state index is 0.161. The van der Waals surface area contributed by atoms with Crippen LogP contribution < -0.4 is 5.56 Å². The van der Waals surface area contributed by atoms with Gasteiger partial charge in [0, 0.05) is 36.8 Å². The topological polar surface area (TPSA) is 96.5 Å². The number of carbonyl (C=O) groups excluding carboxylic acids is 1. The van der Waals surface area contributed by atoms with Gasteiger partial charge in [-0.05, 0) is 26.2 Å². The van der Waals surface area contributed by atoms with Crippen LogP contribution in [0.1, 0.15) is 47.2 Å². The van der Waals surface area contributed by atoms with Crippen molar-refractivity contribution in [3.63, 3.8) is 0 Å². The summed E-state index contributed by atoms with van der Waals surface area (Å²) >= 11 is 0. The van der Waals surface area contributed by atoms with E-state index in [1.54, 1.807) is 36.4 Å². The summed E-state index contributed by atoms with van der Waals surface area (Å²) in [4.78, 5) is 34.1. The molecular weight excluding hydrogens is 310 g/mol. The normalized spacial score (nSPS) is 18.2. The number of nitrogens with zero attached hydrogens (tertiary/aromatic N) is 4. The van der Waals surface area contributed by atoms with Crippen molar-refractivity contribution in [1.29, 1.82) is 0 Å². The summed E-state index contributed by atoms with van der Waals surface area (Å²) in [6.07, 6.45) is 5.89. The zero-order chi connectivity index (χ0) is 16.7. The third kappa shape index (κ3) is 2.40. The predicted octanol–water partition coefficient (Wildman–Crippen LogP) is 1.69. The molecule has 4 rings (SSSR count). The maximum atomic E-state index is 12.8. The first-order valence-corrected chi connectivity index (χ1v) is 7.94. The number of aromatic nitrogens is 4. The molecule has 3 aromatic heterocycles. The van der Waals surface area contributed by atoms with Crippen LogP contribution >= 0.6 is 0 Å². The SMILES string of the molecule is Cc1cc(C(=O)N2CCCCC2c2cc(=O)n3ccnc3[nH]2)no1. The molecule has 0 aromatic carbocycles. The molecule has 0 radical (unpaired) electrons. The molecule has 0 saturated carbocycles. The Balaban J connectivity index is 1.73. The lowest BCUT2D eigenvalue weighted by atomic mass is 9.98. The van der Waals surface area contributed by atoms with E-state index in [1.165, 1.54) is 4.40 Å². The van der Waals surface area contributed by atoms with Crippen LogP contribution in [0.2, 0.25) is 0 Å². The molecule has 0 aliphatic carbocycles. The van der Waals surface area contributed by atoms with Gasteiger partial charge >= 0.3 is 0 Å². The number of likely N-dealkylation sites (tertiary alicyclic amines) is 1. The number of aromatic amines is 1. The van der Waals surface area contributed by atoms with E-state index in [-0.39, 0.29) is 17.5 Å². The lowest BCUT2D eigenvalue weighted by Gasteiger charge is -2.35. The van der Waals surface area contributed by atoms with E-state index in [9.17, 15) is 9.59 Å². The summed E-state index contributed by atoms with van der Waals surface area (Å²) in [5.41, 5.74) is 0.835. The van der Waals surface area contributed by atoms with E-state index in [2.05, 4.69) is 15.1 Å². The third-order valence-corrected chi connectivity index (χ3v) is 4.38. The number of carbonyl (C=O) groups is 1. The fourth-order valence-electron chi connectivity index (χ4n) is 3.23. The summed E-state index contributed by atoms with van der Waals surface area (Å²) in [5.74, 6) is 0.896. The van der Waals surface area contributed by atoms with Gasteiger partial charge in [0.15, 0.2) is 5.69 Å². The molecule has 8 heteroatoms. The lowest BCUT2D eigenvalue weighted by molar-refractivity contribution is 0.0595. The van der Waals surface area contributed by atoms with Crippen LogP contribution in [-0.2, 0) is 0 Å². The maximum absolute atomic E-state index is 12.8. The molecule has 1 unspecified atom stereocenters. The first-order chi connectivity index (χ1) is 11.6. The van der Waals surface area contributed by atoms with Gasteiger partial charge < -0.3 is 14.4 Å². The second kappa shape index (κ2) is 5.63. The van der Waals surface area contributed by atoms with Gasteiger partial charge in [0.1, 0.15) is 5.76 Å². The van der Waals surface area contributed by atoms with Gasteiger partial charge in [-0.1, -0.05) is 5.16 Å². The number of hydrogen-bond acceptors (Lipinski definition) is 5. The molecule has 124 valence electrons. The summed E-state index contributed by atoms with van der Waals surface area (Å²) < 4.78 is 6.46. The number of piperidine rings is 1. The first-order valence-electron chi connectivity index (χ1n) is 7.94. The van der Waals surface area contributed by atoms with Crippen molar-refractivity contribution in [2.45, 2.75) is 32.2 Å². The molecule has 1 amide bonds. The number of rotatable bonds is 2. The number of hydrogen-bond donors (Lipinski definition) is 1. The van der Waals surface area contributed by atoms with Crippen LogP contribution in [-0.4, -0.2) is 36.9 Å². The number of H-pyrrole nitrogens is 1. The zero-order valence-corrected chi connectivity index (χ0v) is 13.2. The largest absolute Gasteiger partial charge is 0.361 e. The summed E-state index contributed by atoms with van der Waals surface area (Å²) in [6.45, 7) is 2.37. The van der Waals surface area contributed by atoms with Gasteiger partial charge in [0.2, 0.25) is 5.78 Å². The highest BCUT2D eigenvalue weighted by Gasteiger charge is 2.31. The molecule has 1 aliphatic heterocycles. The third-order valence-electron chi connectivity index (χ3n) is 4.38. The van der Waals surface area contributed by atoms with Gasteiger partial charge in [-0.3, -0.25) is 14.0 Å². The number of fused-ring (bicyclic) bond motifs is 1. The van der Waals surface area contributed by atoms with E-state index in [1.807, 2.05) is 0 Å². The highest BCUT2D eigenvalue weighted by atomic mass is 16.5. The fraction of sp³-hybridized carbons (Fsp3) is 0.375. The minimum atomic E-state index is -0.197. The van der Waals surface area contributed by atoms with Gasteiger partial charge in [-0.2, -0.15) is 0 Å². The maximum Gasteiger partial charge on any atom is 0.276 e. The number of amides is 1. The molecule has 1 N–H and O–H groups in total. The molecule has 4 heterocycles. The molecule has 0 bridgehead atoms. The Bertz CT molecular complexity index is 954. The van der Waals surface area contributed by atoms with Crippen LogP contribution in [0.25, 0.3) is 5.78 Å². The van der Waals surface area contributed by atoms with Crippen LogP contribution in [0.5, 0.6) is 0 Å². The van der Waals surface area contributed by atoms with Crippen molar-refractivity contribution in [3.05, 3.63) is 52.0 Å². The molecule has 1 fully saturated rings. The van der Waals surface area contributed by atoms with Gasteiger partial charge in [-0.25, -0.2) is 4.98 Å². The second-order valence-corrected chi connectivity index (χ2v) is 6.02. The van der Waals surface area contributed by atoms with Gasteiger partial charge in [-0.15, -0.1) is 0 Å². The number of nitrogens with one attached hydrogen (secondary N) is 1. The van der Waals surface area contributed by atoms with Crippen LogP contribution in [0.3, 0.4) is 0 Å². The fourth-order valence-corrected chi connectivity index (χ4v) is 3.23. The molecule has 1 aliphatic rings. The molecule has 1 saturated heterocycles. The van der Waals surface area contributed by atoms with Crippen molar-refractivity contribution in [2.75, 3.05) is 6.54 Å². The summed E-state index contributed by atoms with van der Waals surface area (Å²) in [5, 5.41) is 3.82. The minimum Gasteiger partial charge on any atom is -0.361 e. The molecule has 8 nitrogen and oxygen atoms in total. The smallest absolute Gasteiger partial charge is 0.276 e. The van der Waals surface area contributed by atoms with E-state index in [0.29, 0.717) is 29.5 Å². The average Bonchev–Trinajstić information content (AvgIpc) is 3.23. The Morgan fingerprint density at radius 1 is 1.38 bits per heavy atom. The molecule has 0 spiro atoms. The van der Waals surface area contributed by atoms with Crippen molar-refractivity contribution >= 4 is 11.7 Å². The summed E-state index contributed by atoms with van der Waals surface area (Å²) in [6, 6.07) is 2.98.